The van der Waals surface area contributed by atoms with Gasteiger partial charge < -0.3 is 0 Å². The largest absolute Gasteiger partial charge is 0.340 e. The van der Waals surface area contributed by atoms with E-state index in [1.54, 1.807) is 6.92 Å². The smallest absolute Gasteiger partial charge is 0.299 e. The van der Waals surface area contributed by atoms with Crippen LogP contribution in [0.5, 0.6) is 0 Å². The predicted molar refractivity (Wildman–Crippen MR) is 54.3 cm³/mol. The van der Waals surface area contributed by atoms with Crippen LogP contribution in [0.15, 0.2) is 12.3 Å². The maximum absolute atomic E-state index is 13.0. The molecular weight excluding hydrogens is 214 g/mol. The highest BCUT2D eigenvalue weighted by Gasteiger charge is 2.41. The molecule has 0 saturated heterocycles. The van der Waals surface area contributed by atoms with E-state index in [9.17, 15) is 13.6 Å². The van der Waals surface area contributed by atoms with Gasteiger partial charge in [0.15, 0.2) is 0 Å². The van der Waals surface area contributed by atoms with Crippen molar-refractivity contribution in [2.24, 2.45) is 0 Å². The third-order valence-electron chi connectivity index (χ3n) is 3.25. The zero-order valence-electron chi connectivity index (χ0n) is 9.33. The summed E-state index contributed by atoms with van der Waals surface area (Å²) in [6.07, 6.45) is 3.25. The molecule has 0 amide bonds. The van der Waals surface area contributed by atoms with Crippen molar-refractivity contribution in [3.05, 3.63) is 18.0 Å². The Morgan fingerprint density at radius 1 is 1.56 bits per heavy atom. The first-order valence-electron chi connectivity index (χ1n) is 5.32. The lowest BCUT2D eigenvalue weighted by molar-refractivity contribution is -0.122. The standard InChI is InChI=1S/C11H14F2N2O/c1-10(6-3-4-9(10)16)8-5-7-15(14-8)11(2,12)13/h5,7H,3-4,6H2,1-2H3. The van der Waals surface area contributed by atoms with E-state index < -0.39 is 11.5 Å². The van der Waals surface area contributed by atoms with Gasteiger partial charge in [-0.05, 0) is 25.8 Å². The number of Topliss-reactive ketones (excluding diaryl/α,β-unsaturated/α-hetero) is 1. The van der Waals surface area contributed by atoms with Crippen LogP contribution in [0.25, 0.3) is 0 Å². The molecule has 1 atom stereocenters. The second-order valence-electron chi connectivity index (χ2n) is 4.60. The van der Waals surface area contributed by atoms with Gasteiger partial charge in [-0.2, -0.15) is 13.9 Å². The highest BCUT2D eigenvalue weighted by Crippen LogP contribution is 2.37. The number of hydrogen-bond acceptors (Lipinski definition) is 2. The number of aromatic nitrogens is 2. The highest BCUT2D eigenvalue weighted by molar-refractivity contribution is 5.91. The van der Waals surface area contributed by atoms with E-state index in [4.69, 9.17) is 0 Å². The summed E-state index contributed by atoms with van der Waals surface area (Å²) >= 11 is 0. The zero-order valence-corrected chi connectivity index (χ0v) is 9.33. The number of carbonyl (C=O) groups is 1. The van der Waals surface area contributed by atoms with Crippen molar-refractivity contribution in [2.75, 3.05) is 0 Å². The second-order valence-corrected chi connectivity index (χ2v) is 4.60. The van der Waals surface area contributed by atoms with E-state index >= 15 is 0 Å². The third kappa shape index (κ3) is 1.64. The molecule has 1 unspecified atom stereocenters. The average molecular weight is 228 g/mol. The number of carbonyl (C=O) groups excluding carboxylic acids is 1. The van der Waals surface area contributed by atoms with Crippen LogP contribution in [0, 0.1) is 0 Å². The lowest BCUT2D eigenvalue weighted by atomic mass is 9.84. The van der Waals surface area contributed by atoms with Crippen molar-refractivity contribution in [2.45, 2.75) is 44.6 Å². The molecule has 0 N–H and O–H groups in total. The van der Waals surface area contributed by atoms with E-state index in [-0.39, 0.29) is 5.78 Å². The first kappa shape index (κ1) is 11.2. The van der Waals surface area contributed by atoms with Gasteiger partial charge in [0.2, 0.25) is 0 Å². The number of ketones is 1. The SMILES string of the molecule is CC1(c2ccn(C(C)(F)F)n2)CCCC1=O. The van der Waals surface area contributed by atoms with Crippen LogP contribution in [-0.2, 0) is 16.3 Å². The molecule has 0 aliphatic heterocycles. The Hall–Kier alpha value is -1.26. The van der Waals surface area contributed by atoms with Gasteiger partial charge in [0.05, 0.1) is 11.1 Å². The third-order valence-corrected chi connectivity index (χ3v) is 3.25. The number of rotatable bonds is 2. The molecular formula is C11H14F2N2O. The van der Waals surface area contributed by atoms with Crippen molar-refractivity contribution in [1.29, 1.82) is 0 Å². The van der Waals surface area contributed by atoms with Crippen LogP contribution in [0.3, 0.4) is 0 Å². The van der Waals surface area contributed by atoms with E-state index in [1.165, 1.54) is 12.3 Å². The second kappa shape index (κ2) is 3.37. The Balaban J connectivity index is 2.35. The average Bonchev–Trinajstić information content (AvgIpc) is 2.74. The fraction of sp³-hybridized carbons (Fsp3) is 0.636. The van der Waals surface area contributed by atoms with Gasteiger partial charge in [0.1, 0.15) is 5.78 Å². The summed E-state index contributed by atoms with van der Waals surface area (Å²) in [4.78, 5) is 11.7. The zero-order chi connectivity index (χ0) is 12.0. The van der Waals surface area contributed by atoms with Crippen molar-refractivity contribution < 1.29 is 13.6 Å². The molecule has 1 aromatic heterocycles. The number of nitrogens with zero attached hydrogens (tertiary/aromatic N) is 2. The molecule has 0 aromatic carbocycles. The molecule has 1 aliphatic rings. The van der Waals surface area contributed by atoms with Crippen LogP contribution in [0.1, 0.15) is 38.8 Å². The quantitative estimate of drug-likeness (QED) is 0.779. The summed E-state index contributed by atoms with van der Waals surface area (Å²) in [5.41, 5.74) is -0.215. The topological polar surface area (TPSA) is 34.9 Å². The molecule has 2 rings (SSSR count). The van der Waals surface area contributed by atoms with E-state index in [0.29, 0.717) is 23.2 Å². The van der Waals surface area contributed by atoms with Gasteiger partial charge in [-0.1, -0.05) is 0 Å². The van der Waals surface area contributed by atoms with E-state index in [0.717, 1.165) is 13.3 Å². The summed E-state index contributed by atoms with van der Waals surface area (Å²) in [7, 11) is 0. The molecule has 16 heavy (non-hydrogen) atoms. The van der Waals surface area contributed by atoms with Gasteiger partial charge in [-0.3, -0.25) is 4.79 Å². The van der Waals surface area contributed by atoms with E-state index in [2.05, 4.69) is 5.10 Å². The van der Waals surface area contributed by atoms with Crippen molar-refractivity contribution in [3.8, 4) is 0 Å². The maximum Gasteiger partial charge on any atom is 0.340 e. The minimum absolute atomic E-state index is 0.0946. The van der Waals surface area contributed by atoms with Crippen LogP contribution in [0.2, 0.25) is 0 Å². The highest BCUT2D eigenvalue weighted by atomic mass is 19.3. The van der Waals surface area contributed by atoms with Crippen molar-refractivity contribution >= 4 is 5.78 Å². The molecule has 1 aromatic rings. The maximum atomic E-state index is 13.0. The summed E-state index contributed by atoms with van der Waals surface area (Å²) in [5.74, 6) is 0.0946. The van der Waals surface area contributed by atoms with Crippen molar-refractivity contribution in [3.63, 3.8) is 0 Å². The fourth-order valence-electron chi connectivity index (χ4n) is 2.13. The lowest BCUT2D eigenvalue weighted by Crippen LogP contribution is -2.28. The van der Waals surface area contributed by atoms with Crippen LogP contribution < -0.4 is 0 Å². The molecule has 0 radical (unpaired) electrons. The Labute approximate surface area is 92.4 Å². The van der Waals surface area contributed by atoms with Gasteiger partial charge in [0, 0.05) is 19.5 Å². The normalized spacial score (nSPS) is 26.4. The summed E-state index contributed by atoms with van der Waals surface area (Å²) in [5, 5.41) is 3.83. The summed E-state index contributed by atoms with van der Waals surface area (Å²) in [6.45, 7) is 2.56. The predicted octanol–water partition coefficient (Wildman–Crippen LogP) is 2.46. The molecule has 5 heteroatoms. The Kier molecular flexibility index (Phi) is 2.36. The first-order valence-corrected chi connectivity index (χ1v) is 5.32. The Morgan fingerprint density at radius 2 is 2.25 bits per heavy atom. The van der Waals surface area contributed by atoms with Gasteiger partial charge in [-0.25, -0.2) is 4.68 Å². The molecule has 1 saturated carbocycles. The van der Waals surface area contributed by atoms with Gasteiger partial charge in [-0.15, -0.1) is 0 Å². The van der Waals surface area contributed by atoms with Crippen molar-refractivity contribution in [1.82, 2.24) is 9.78 Å². The number of halogens is 2. The molecule has 1 aliphatic carbocycles. The van der Waals surface area contributed by atoms with Crippen LogP contribution >= 0.6 is 0 Å². The van der Waals surface area contributed by atoms with Gasteiger partial charge in [0.25, 0.3) is 0 Å². The fourth-order valence-corrected chi connectivity index (χ4v) is 2.13. The molecule has 0 spiro atoms. The summed E-state index contributed by atoms with van der Waals surface area (Å²) < 4.78 is 26.6. The molecule has 0 bridgehead atoms. The molecule has 1 fully saturated rings. The minimum Gasteiger partial charge on any atom is -0.299 e. The van der Waals surface area contributed by atoms with Gasteiger partial charge >= 0.3 is 6.05 Å². The van der Waals surface area contributed by atoms with Crippen LogP contribution in [-0.4, -0.2) is 15.6 Å². The first-order chi connectivity index (χ1) is 7.34. The summed E-state index contributed by atoms with van der Waals surface area (Å²) in [6, 6.07) is -1.50. The number of alkyl halides is 2. The number of hydrogen-bond donors (Lipinski definition) is 0. The minimum atomic E-state index is -3.02. The van der Waals surface area contributed by atoms with E-state index in [1.807, 2.05) is 0 Å². The molecule has 88 valence electrons. The molecule has 3 nitrogen and oxygen atoms in total. The monoisotopic (exact) mass is 228 g/mol. The Bertz CT molecular complexity index is 422. The lowest BCUT2D eigenvalue weighted by Gasteiger charge is -2.19. The van der Waals surface area contributed by atoms with Crippen LogP contribution in [0.4, 0.5) is 8.78 Å². The Morgan fingerprint density at radius 3 is 2.69 bits per heavy atom. The molecule has 1 heterocycles.